The summed E-state index contributed by atoms with van der Waals surface area (Å²) in [7, 11) is 1.61. The summed E-state index contributed by atoms with van der Waals surface area (Å²) < 4.78 is 5.16. The Balaban J connectivity index is 2.39. The fourth-order valence-corrected chi connectivity index (χ4v) is 1.62. The lowest BCUT2D eigenvalue weighted by Gasteiger charge is -2.05. The minimum absolute atomic E-state index is 0.0773. The molecule has 0 amide bonds. The maximum absolute atomic E-state index is 10.7. The van der Waals surface area contributed by atoms with Crippen molar-refractivity contribution in [3.63, 3.8) is 0 Å². The van der Waals surface area contributed by atoms with Gasteiger partial charge < -0.3 is 9.84 Å². The average Bonchev–Trinajstić information content (AvgIpc) is 2.78. The number of carboxylic acids is 1. The maximum Gasteiger partial charge on any atom is 0.353 e. The van der Waals surface area contributed by atoms with E-state index in [1.807, 2.05) is 25.1 Å². The van der Waals surface area contributed by atoms with Crippen LogP contribution in [-0.2, 0) is 0 Å². The van der Waals surface area contributed by atoms with Crippen LogP contribution in [0.2, 0.25) is 0 Å². The molecule has 2 aromatic rings. The molecule has 1 heterocycles. The summed E-state index contributed by atoms with van der Waals surface area (Å²) in [4.78, 5) is 10.7. The summed E-state index contributed by atoms with van der Waals surface area (Å²) in [6.07, 6.45) is 0. The van der Waals surface area contributed by atoms with Crippen LogP contribution in [0.3, 0.4) is 0 Å². The molecule has 2 rings (SSSR count). The van der Waals surface area contributed by atoms with Crippen LogP contribution in [0.4, 0.5) is 0 Å². The Labute approximate surface area is 98.0 Å². The standard InChI is InChI=1S/C12H12N2O3/c1-7-5-8(3-4-11(7)17-2)9-6-10(12(15)16)14-13-9/h3-6H,1-2H3,(H,13,14)(H,15,16). The van der Waals surface area contributed by atoms with E-state index in [9.17, 15) is 4.79 Å². The van der Waals surface area contributed by atoms with Crippen LogP contribution in [0.5, 0.6) is 5.75 Å². The normalized spacial score (nSPS) is 10.2. The number of H-pyrrole nitrogens is 1. The first kappa shape index (κ1) is 11.2. The predicted molar refractivity (Wildman–Crippen MR) is 62.3 cm³/mol. The molecule has 5 heteroatoms. The first-order chi connectivity index (χ1) is 8.11. The molecule has 0 saturated heterocycles. The number of ether oxygens (including phenoxy) is 1. The second-order valence-corrected chi connectivity index (χ2v) is 3.66. The lowest BCUT2D eigenvalue weighted by molar-refractivity contribution is 0.0690. The monoisotopic (exact) mass is 232 g/mol. The van der Waals surface area contributed by atoms with Crippen molar-refractivity contribution in [2.75, 3.05) is 7.11 Å². The van der Waals surface area contributed by atoms with E-state index in [2.05, 4.69) is 10.2 Å². The van der Waals surface area contributed by atoms with Gasteiger partial charge in [0.05, 0.1) is 12.8 Å². The fraction of sp³-hybridized carbons (Fsp3) is 0.167. The van der Waals surface area contributed by atoms with Gasteiger partial charge >= 0.3 is 5.97 Å². The molecule has 5 nitrogen and oxygen atoms in total. The summed E-state index contributed by atoms with van der Waals surface area (Å²) in [5.74, 6) is -0.225. The Morgan fingerprint density at radius 1 is 1.41 bits per heavy atom. The van der Waals surface area contributed by atoms with Crippen molar-refractivity contribution in [3.05, 3.63) is 35.5 Å². The summed E-state index contributed by atoms with van der Waals surface area (Å²) in [5.41, 5.74) is 2.51. The Bertz CT molecular complexity index is 561. The zero-order valence-electron chi connectivity index (χ0n) is 9.52. The number of rotatable bonds is 3. The van der Waals surface area contributed by atoms with E-state index in [4.69, 9.17) is 9.84 Å². The van der Waals surface area contributed by atoms with Gasteiger partial charge in [0.25, 0.3) is 0 Å². The molecule has 2 N–H and O–H groups in total. The van der Waals surface area contributed by atoms with Gasteiger partial charge in [-0.25, -0.2) is 4.79 Å². The quantitative estimate of drug-likeness (QED) is 0.849. The van der Waals surface area contributed by atoms with Crippen LogP contribution in [-0.4, -0.2) is 28.4 Å². The minimum atomic E-state index is -1.02. The zero-order chi connectivity index (χ0) is 12.4. The van der Waals surface area contributed by atoms with Gasteiger partial charge in [-0.15, -0.1) is 0 Å². The molecule has 88 valence electrons. The highest BCUT2D eigenvalue weighted by atomic mass is 16.5. The molecular formula is C12H12N2O3. The van der Waals surface area contributed by atoms with Gasteiger partial charge in [-0.1, -0.05) is 0 Å². The van der Waals surface area contributed by atoms with E-state index in [1.54, 1.807) is 7.11 Å². The molecule has 0 unspecified atom stereocenters. The number of nitrogens with zero attached hydrogens (tertiary/aromatic N) is 1. The Hall–Kier alpha value is -2.30. The van der Waals surface area contributed by atoms with E-state index >= 15 is 0 Å². The SMILES string of the molecule is COc1ccc(-c2cc(C(=O)O)[nH]n2)cc1C. The summed E-state index contributed by atoms with van der Waals surface area (Å²) in [5, 5.41) is 15.2. The number of aromatic nitrogens is 2. The van der Waals surface area contributed by atoms with Crippen LogP contribution in [0, 0.1) is 6.92 Å². The average molecular weight is 232 g/mol. The number of methoxy groups -OCH3 is 1. The maximum atomic E-state index is 10.7. The van der Waals surface area contributed by atoms with Crippen LogP contribution >= 0.6 is 0 Å². The first-order valence-corrected chi connectivity index (χ1v) is 5.05. The van der Waals surface area contributed by atoms with Crippen molar-refractivity contribution in [2.24, 2.45) is 0 Å². The van der Waals surface area contributed by atoms with Crippen LogP contribution in [0.25, 0.3) is 11.3 Å². The first-order valence-electron chi connectivity index (χ1n) is 5.05. The number of aromatic carboxylic acids is 1. The van der Waals surface area contributed by atoms with Crippen LogP contribution in [0.1, 0.15) is 16.1 Å². The summed E-state index contributed by atoms with van der Waals surface area (Å²) >= 11 is 0. The van der Waals surface area contributed by atoms with Crippen LogP contribution < -0.4 is 4.74 Å². The third-order valence-corrected chi connectivity index (χ3v) is 2.50. The zero-order valence-corrected chi connectivity index (χ0v) is 9.52. The molecule has 1 aromatic heterocycles. The number of aryl methyl sites for hydroxylation is 1. The van der Waals surface area contributed by atoms with E-state index < -0.39 is 5.97 Å². The predicted octanol–water partition coefficient (Wildman–Crippen LogP) is 2.09. The van der Waals surface area contributed by atoms with Crippen molar-refractivity contribution in [2.45, 2.75) is 6.92 Å². The number of carbonyl (C=O) groups is 1. The molecule has 0 aliphatic heterocycles. The van der Waals surface area contributed by atoms with Crippen LogP contribution in [0.15, 0.2) is 24.3 Å². The number of nitrogens with one attached hydrogen (secondary N) is 1. The van der Waals surface area contributed by atoms with Gasteiger partial charge in [0.2, 0.25) is 0 Å². The second kappa shape index (κ2) is 4.29. The molecule has 0 aliphatic carbocycles. The van der Waals surface area contributed by atoms with E-state index in [-0.39, 0.29) is 5.69 Å². The summed E-state index contributed by atoms with van der Waals surface area (Å²) in [6, 6.07) is 7.08. The van der Waals surface area contributed by atoms with Gasteiger partial charge in [0.15, 0.2) is 0 Å². The van der Waals surface area contributed by atoms with Gasteiger partial charge in [0.1, 0.15) is 11.4 Å². The fourth-order valence-electron chi connectivity index (χ4n) is 1.62. The van der Waals surface area contributed by atoms with E-state index in [0.717, 1.165) is 16.9 Å². The molecule has 0 fully saturated rings. The Morgan fingerprint density at radius 3 is 2.71 bits per heavy atom. The molecule has 0 saturated carbocycles. The van der Waals surface area contributed by atoms with E-state index in [1.165, 1.54) is 6.07 Å². The number of hydrogen-bond donors (Lipinski definition) is 2. The highest BCUT2D eigenvalue weighted by Gasteiger charge is 2.10. The molecule has 0 atom stereocenters. The van der Waals surface area contributed by atoms with Crippen molar-refractivity contribution >= 4 is 5.97 Å². The molecular weight excluding hydrogens is 220 g/mol. The highest BCUT2D eigenvalue weighted by molar-refractivity contribution is 5.86. The third-order valence-electron chi connectivity index (χ3n) is 2.50. The third kappa shape index (κ3) is 2.13. The molecule has 0 aliphatic rings. The minimum Gasteiger partial charge on any atom is -0.496 e. The lowest BCUT2D eigenvalue weighted by atomic mass is 10.1. The lowest BCUT2D eigenvalue weighted by Crippen LogP contribution is -1.95. The van der Waals surface area contributed by atoms with Crippen molar-refractivity contribution < 1.29 is 14.6 Å². The molecule has 0 radical (unpaired) electrons. The van der Waals surface area contributed by atoms with Gasteiger partial charge in [0, 0.05) is 5.56 Å². The number of benzene rings is 1. The Kier molecular flexibility index (Phi) is 2.82. The van der Waals surface area contributed by atoms with Crippen molar-refractivity contribution in [1.29, 1.82) is 0 Å². The number of aromatic amines is 1. The molecule has 0 spiro atoms. The summed E-state index contributed by atoms with van der Waals surface area (Å²) in [6.45, 7) is 1.92. The van der Waals surface area contributed by atoms with Crippen molar-refractivity contribution in [1.82, 2.24) is 10.2 Å². The number of hydrogen-bond acceptors (Lipinski definition) is 3. The van der Waals surface area contributed by atoms with Gasteiger partial charge in [-0.05, 0) is 36.8 Å². The van der Waals surface area contributed by atoms with Crippen molar-refractivity contribution in [3.8, 4) is 17.0 Å². The Morgan fingerprint density at radius 2 is 2.18 bits per heavy atom. The largest absolute Gasteiger partial charge is 0.496 e. The smallest absolute Gasteiger partial charge is 0.353 e. The second-order valence-electron chi connectivity index (χ2n) is 3.66. The van der Waals surface area contributed by atoms with Gasteiger partial charge in [-0.2, -0.15) is 5.10 Å². The molecule has 17 heavy (non-hydrogen) atoms. The van der Waals surface area contributed by atoms with Gasteiger partial charge in [-0.3, -0.25) is 5.10 Å². The topological polar surface area (TPSA) is 75.2 Å². The molecule has 1 aromatic carbocycles. The highest BCUT2D eigenvalue weighted by Crippen LogP contribution is 2.25. The van der Waals surface area contributed by atoms with E-state index in [0.29, 0.717) is 5.69 Å². The number of carboxylic acid groups (broad SMARTS) is 1. The molecule has 0 bridgehead atoms.